The molecule has 0 radical (unpaired) electrons. The van der Waals surface area contributed by atoms with Crippen molar-refractivity contribution in [3.05, 3.63) is 29.8 Å². The first-order chi connectivity index (χ1) is 7.24. The van der Waals surface area contributed by atoms with Crippen LogP contribution in [0.1, 0.15) is 23.2 Å². The Balaban J connectivity index is 2.41. The third-order valence-corrected chi connectivity index (χ3v) is 1.77. The van der Waals surface area contributed by atoms with Gasteiger partial charge >= 0.3 is 0 Å². The molecule has 0 unspecified atom stereocenters. The summed E-state index contributed by atoms with van der Waals surface area (Å²) in [5.74, 6) is 1.61. The molecule has 0 aliphatic heterocycles. The van der Waals surface area contributed by atoms with Crippen molar-refractivity contribution in [2.75, 3.05) is 6.54 Å². The van der Waals surface area contributed by atoms with Gasteiger partial charge in [0.25, 0.3) is 5.91 Å². The fourth-order valence-electron chi connectivity index (χ4n) is 1.00. The first-order valence-corrected chi connectivity index (χ1v) is 4.57. The Morgan fingerprint density at radius 3 is 3.00 bits per heavy atom. The second kappa shape index (κ2) is 5.76. The molecule has 1 N–H and O–H groups in total. The summed E-state index contributed by atoms with van der Waals surface area (Å²) in [5.41, 5.74) is 0.345. The maximum absolute atomic E-state index is 12.4. The van der Waals surface area contributed by atoms with Gasteiger partial charge in [0, 0.05) is 19.2 Å². The third-order valence-electron chi connectivity index (χ3n) is 1.77. The lowest BCUT2D eigenvalue weighted by Crippen LogP contribution is -2.24. The number of nitrogens with zero attached hydrogens (tertiary/aromatic N) is 1. The van der Waals surface area contributed by atoms with Crippen molar-refractivity contribution >= 4 is 5.91 Å². The largest absolute Gasteiger partial charge is 0.352 e. The maximum atomic E-state index is 12.4. The SMILES string of the molecule is C#CCCCNC(=O)c1ccc(F)nc1. The Bertz CT molecular complexity index is 367. The van der Waals surface area contributed by atoms with Crippen LogP contribution < -0.4 is 5.32 Å². The average Bonchev–Trinajstić information content (AvgIpc) is 2.25. The van der Waals surface area contributed by atoms with E-state index in [-0.39, 0.29) is 5.91 Å². The van der Waals surface area contributed by atoms with Crippen LogP contribution in [0.15, 0.2) is 18.3 Å². The fraction of sp³-hybridized carbons (Fsp3) is 0.273. The molecule has 1 heterocycles. The van der Waals surface area contributed by atoms with E-state index in [0.29, 0.717) is 18.5 Å². The molecule has 0 bridgehead atoms. The van der Waals surface area contributed by atoms with Crippen LogP contribution in [0.4, 0.5) is 4.39 Å². The molecule has 1 amide bonds. The fourth-order valence-corrected chi connectivity index (χ4v) is 1.00. The summed E-state index contributed by atoms with van der Waals surface area (Å²) in [4.78, 5) is 14.8. The topological polar surface area (TPSA) is 42.0 Å². The Morgan fingerprint density at radius 2 is 2.40 bits per heavy atom. The van der Waals surface area contributed by atoms with Crippen molar-refractivity contribution in [1.29, 1.82) is 0 Å². The number of terminal acetylenes is 1. The number of rotatable bonds is 4. The van der Waals surface area contributed by atoms with Crippen LogP contribution in [0.25, 0.3) is 0 Å². The number of hydrogen-bond acceptors (Lipinski definition) is 2. The van der Waals surface area contributed by atoms with Gasteiger partial charge in [-0.05, 0) is 18.6 Å². The van der Waals surface area contributed by atoms with E-state index < -0.39 is 5.95 Å². The highest BCUT2D eigenvalue weighted by Gasteiger charge is 2.04. The normalized spacial score (nSPS) is 9.33. The molecule has 78 valence electrons. The molecule has 0 aliphatic rings. The van der Waals surface area contributed by atoms with Gasteiger partial charge in [-0.3, -0.25) is 4.79 Å². The monoisotopic (exact) mass is 206 g/mol. The molecular weight excluding hydrogens is 195 g/mol. The van der Waals surface area contributed by atoms with Crippen LogP contribution in [0.2, 0.25) is 0 Å². The molecule has 4 heteroatoms. The zero-order chi connectivity index (χ0) is 11.1. The Labute approximate surface area is 87.7 Å². The number of hydrogen-bond donors (Lipinski definition) is 1. The van der Waals surface area contributed by atoms with E-state index in [1.807, 2.05) is 0 Å². The number of nitrogens with one attached hydrogen (secondary N) is 1. The maximum Gasteiger partial charge on any atom is 0.252 e. The first kappa shape index (κ1) is 11.2. The Morgan fingerprint density at radius 1 is 1.60 bits per heavy atom. The molecule has 0 aliphatic carbocycles. The minimum Gasteiger partial charge on any atom is -0.352 e. The van der Waals surface area contributed by atoms with Gasteiger partial charge in [0.2, 0.25) is 5.95 Å². The lowest BCUT2D eigenvalue weighted by Gasteiger charge is -2.02. The van der Waals surface area contributed by atoms with Gasteiger partial charge in [-0.1, -0.05) is 0 Å². The van der Waals surface area contributed by atoms with Crippen LogP contribution in [0, 0.1) is 18.3 Å². The minimum atomic E-state index is -0.598. The van der Waals surface area contributed by atoms with Crippen molar-refractivity contribution in [1.82, 2.24) is 10.3 Å². The highest BCUT2D eigenvalue weighted by atomic mass is 19.1. The molecule has 0 spiro atoms. The van der Waals surface area contributed by atoms with Crippen molar-refractivity contribution in [3.8, 4) is 12.3 Å². The summed E-state index contributed by atoms with van der Waals surface area (Å²) in [6, 6.07) is 2.54. The summed E-state index contributed by atoms with van der Waals surface area (Å²) in [7, 11) is 0. The van der Waals surface area contributed by atoms with Crippen molar-refractivity contribution in [2.45, 2.75) is 12.8 Å². The van der Waals surface area contributed by atoms with E-state index in [4.69, 9.17) is 6.42 Å². The lowest BCUT2D eigenvalue weighted by atomic mass is 10.2. The molecule has 0 aromatic carbocycles. The summed E-state index contributed by atoms with van der Waals surface area (Å²) in [5, 5.41) is 2.66. The van der Waals surface area contributed by atoms with E-state index in [2.05, 4.69) is 16.2 Å². The van der Waals surface area contributed by atoms with Crippen LogP contribution in [-0.2, 0) is 0 Å². The number of carbonyl (C=O) groups excluding carboxylic acids is 1. The molecule has 0 saturated carbocycles. The standard InChI is InChI=1S/C11H11FN2O/c1-2-3-4-7-13-11(15)9-5-6-10(12)14-8-9/h1,5-6,8H,3-4,7H2,(H,13,15). The minimum absolute atomic E-state index is 0.264. The van der Waals surface area contributed by atoms with Gasteiger partial charge in [-0.2, -0.15) is 4.39 Å². The van der Waals surface area contributed by atoms with E-state index in [1.54, 1.807) is 0 Å². The first-order valence-electron chi connectivity index (χ1n) is 4.57. The molecular formula is C11H11FN2O. The van der Waals surface area contributed by atoms with E-state index in [0.717, 1.165) is 12.5 Å². The summed E-state index contributed by atoms with van der Waals surface area (Å²) >= 11 is 0. The predicted octanol–water partition coefficient (Wildman–Crippen LogP) is 1.36. The predicted molar refractivity (Wildman–Crippen MR) is 54.6 cm³/mol. The molecule has 3 nitrogen and oxygen atoms in total. The zero-order valence-electron chi connectivity index (χ0n) is 8.16. The molecule has 0 saturated heterocycles. The highest BCUT2D eigenvalue weighted by molar-refractivity contribution is 5.93. The van der Waals surface area contributed by atoms with Crippen LogP contribution in [0.5, 0.6) is 0 Å². The number of amides is 1. The van der Waals surface area contributed by atoms with Gasteiger partial charge in [-0.25, -0.2) is 4.98 Å². The highest BCUT2D eigenvalue weighted by Crippen LogP contribution is 1.98. The summed E-state index contributed by atoms with van der Waals surface area (Å²) in [6.07, 6.45) is 7.62. The number of carbonyl (C=O) groups is 1. The summed E-state index contributed by atoms with van der Waals surface area (Å²) < 4.78 is 12.4. The van der Waals surface area contributed by atoms with Gasteiger partial charge in [0.1, 0.15) is 0 Å². The lowest BCUT2D eigenvalue weighted by molar-refractivity contribution is 0.0953. The number of halogens is 1. The average molecular weight is 206 g/mol. The smallest absolute Gasteiger partial charge is 0.252 e. The number of pyridine rings is 1. The van der Waals surface area contributed by atoms with Crippen molar-refractivity contribution < 1.29 is 9.18 Å². The second-order valence-electron chi connectivity index (χ2n) is 2.93. The van der Waals surface area contributed by atoms with E-state index in [1.165, 1.54) is 12.3 Å². The van der Waals surface area contributed by atoms with E-state index in [9.17, 15) is 9.18 Å². The molecule has 0 atom stereocenters. The summed E-state index contributed by atoms with van der Waals surface area (Å²) in [6.45, 7) is 0.514. The molecule has 1 aromatic heterocycles. The molecule has 15 heavy (non-hydrogen) atoms. The number of aromatic nitrogens is 1. The third kappa shape index (κ3) is 3.77. The van der Waals surface area contributed by atoms with Gasteiger partial charge < -0.3 is 5.32 Å². The van der Waals surface area contributed by atoms with Crippen LogP contribution in [0.3, 0.4) is 0 Å². The Hall–Kier alpha value is -1.89. The van der Waals surface area contributed by atoms with Gasteiger partial charge in [-0.15, -0.1) is 12.3 Å². The molecule has 1 rings (SSSR count). The van der Waals surface area contributed by atoms with Crippen LogP contribution in [-0.4, -0.2) is 17.4 Å². The van der Waals surface area contributed by atoms with Gasteiger partial charge in [0.05, 0.1) is 5.56 Å². The van der Waals surface area contributed by atoms with Crippen molar-refractivity contribution in [2.24, 2.45) is 0 Å². The van der Waals surface area contributed by atoms with Crippen molar-refractivity contribution in [3.63, 3.8) is 0 Å². The van der Waals surface area contributed by atoms with E-state index >= 15 is 0 Å². The Kier molecular flexibility index (Phi) is 4.30. The molecule has 1 aromatic rings. The van der Waals surface area contributed by atoms with Gasteiger partial charge in [0.15, 0.2) is 0 Å². The quantitative estimate of drug-likeness (QED) is 0.459. The number of unbranched alkanes of at least 4 members (excludes halogenated alkanes) is 1. The molecule has 0 fully saturated rings. The van der Waals surface area contributed by atoms with Crippen LogP contribution >= 0.6 is 0 Å². The second-order valence-corrected chi connectivity index (χ2v) is 2.93. The zero-order valence-corrected chi connectivity index (χ0v) is 8.16.